The van der Waals surface area contributed by atoms with E-state index in [0.717, 1.165) is 13.2 Å². The van der Waals surface area contributed by atoms with Crippen LogP contribution in [-0.2, 0) is 17.1 Å². The van der Waals surface area contributed by atoms with Crippen LogP contribution in [0.5, 0.6) is 0 Å². The Balaban J connectivity index is 1.58. The van der Waals surface area contributed by atoms with Gasteiger partial charge < -0.3 is 19.9 Å². The largest absolute Gasteiger partial charge is 0.465 e. The predicted molar refractivity (Wildman–Crippen MR) is 129 cm³/mol. The number of pyridine rings is 1. The average Bonchev–Trinajstić information content (AvgIpc) is 3.32. The first-order valence-corrected chi connectivity index (χ1v) is 11.2. The lowest BCUT2D eigenvalue weighted by atomic mass is 10.1. The summed E-state index contributed by atoms with van der Waals surface area (Å²) >= 11 is 0. The highest BCUT2D eigenvalue weighted by Crippen LogP contribution is 2.39. The number of aromatic nitrogens is 2. The number of carbonyl (C=O) groups excluding carboxylic acids is 1. The van der Waals surface area contributed by atoms with Crippen molar-refractivity contribution in [3.05, 3.63) is 75.5 Å². The number of nitrogens with zero attached hydrogens (tertiary/aromatic N) is 3. The van der Waals surface area contributed by atoms with Gasteiger partial charge in [-0.1, -0.05) is 17.3 Å². The molecule has 16 heteroatoms. The van der Waals surface area contributed by atoms with Crippen LogP contribution in [0.3, 0.4) is 0 Å². The molecule has 10 nitrogen and oxygen atoms in total. The van der Waals surface area contributed by atoms with Crippen molar-refractivity contribution in [2.24, 2.45) is 0 Å². The Bertz CT molecular complexity index is 1570. The minimum Gasteiger partial charge on any atom is -0.465 e. The topological polar surface area (TPSA) is 132 Å². The first kappa shape index (κ1) is 28.1. The number of fused-ring (bicyclic) bond motifs is 1. The number of benzene rings is 2. The number of anilines is 2. The van der Waals surface area contributed by atoms with Gasteiger partial charge in [-0.3, -0.25) is 10.1 Å². The molecule has 0 unspecified atom stereocenters. The van der Waals surface area contributed by atoms with Crippen LogP contribution in [0.15, 0.2) is 53.1 Å². The molecule has 4 aromatic rings. The number of carbonyl (C=O) groups is 1. The van der Waals surface area contributed by atoms with Crippen LogP contribution in [0.4, 0.5) is 43.5 Å². The maximum absolute atomic E-state index is 13.4. The molecule has 2 aromatic carbocycles. The second-order valence-electron chi connectivity index (χ2n) is 8.14. The summed E-state index contributed by atoms with van der Waals surface area (Å²) in [5.41, 5.74) is -4.02. The van der Waals surface area contributed by atoms with Gasteiger partial charge in [0.15, 0.2) is 17.1 Å². The normalized spacial score (nSPS) is 11.9. The predicted octanol–water partition coefficient (Wildman–Crippen LogP) is 6.15. The first-order valence-electron chi connectivity index (χ1n) is 11.2. The third-order valence-electron chi connectivity index (χ3n) is 5.59. The number of nitrogens with one attached hydrogen (secondary N) is 2. The number of non-ortho nitro benzene ring substituents is 1. The Hall–Kier alpha value is -4.89. The molecule has 0 radical (unpaired) electrons. The number of rotatable bonds is 8. The molecule has 0 aliphatic heterocycles. The Morgan fingerprint density at radius 1 is 1.02 bits per heavy atom. The molecule has 0 atom stereocenters. The number of para-hydroxylation sites is 1. The van der Waals surface area contributed by atoms with Crippen LogP contribution >= 0.6 is 0 Å². The van der Waals surface area contributed by atoms with E-state index in [0.29, 0.717) is 12.1 Å². The van der Waals surface area contributed by atoms with E-state index >= 15 is 0 Å². The minimum atomic E-state index is -5.01. The van der Waals surface area contributed by atoms with E-state index in [4.69, 9.17) is 9.26 Å². The standard InChI is InChI=1S/C24H17F6N5O5/c1-39-22(36)18-20(12-5-7-13(8-6-12)35(37)38)40-34-21(18)32-10-9-31-16-11-17(24(28,29)30)33-19-14(16)3-2-4-15(19)23(25,26)27/h2-8,11H,9-10H2,1H3,(H,31,33)(H,32,34). The number of nitro benzene ring substituents is 1. The van der Waals surface area contributed by atoms with Crippen LogP contribution in [0.25, 0.3) is 22.2 Å². The van der Waals surface area contributed by atoms with E-state index in [2.05, 4.69) is 20.8 Å². The van der Waals surface area contributed by atoms with Gasteiger partial charge in [-0.2, -0.15) is 26.3 Å². The second-order valence-corrected chi connectivity index (χ2v) is 8.14. The molecule has 2 N–H and O–H groups in total. The molecule has 0 bridgehead atoms. The van der Waals surface area contributed by atoms with Crippen LogP contribution in [-0.4, -0.2) is 41.2 Å². The highest BCUT2D eigenvalue weighted by Gasteiger charge is 2.37. The number of esters is 1. The summed E-state index contributed by atoms with van der Waals surface area (Å²) in [4.78, 5) is 25.9. The highest BCUT2D eigenvalue weighted by molar-refractivity contribution is 6.00. The van der Waals surface area contributed by atoms with Crippen molar-refractivity contribution in [2.45, 2.75) is 12.4 Å². The SMILES string of the molecule is COC(=O)c1c(NCCNc2cc(C(F)(F)F)nc3c(C(F)(F)F)cccc23)noc1-c1ccc([N+](=O)[O-])cc1. The Kier molecular flexibility index (Phi) is 7.53. The first-order chi connectivity index (χ1) is 18.8. The summed E-state index contributed by atoms with van der Waals surface area (Å²) in [5.74, 6) is -1.02. The summed E-state index contributed by atoms with van der Waals surface area (Å²) in [6.07, 6.45) is -9.94. The molecular weight excluding hydrogens is 552 g/mol. The van der Waals surface area contributed by atoms with Crippen molar-refractivity contribution < 1.29 is 45.3 Å². The molecule has 0 amide bonds. The van der Waals surface area contributed by atoms with Gasteiger partial charge in [0, 0.05) is 41.9 Å². The Labute approximate surface area is 220 Å². The number of nitro groups is 1. The smallest absolute Gasteiger partial charge is 0.433 e. The molecule has 0 fully saturated rings. The van der Waals surface area contributed by atoms with Crippen molar-refractivity contribution >= 4 is 34.1 Å². The van der Waals surface area contributed by atoms with Crippen LogP contribution < -0.4 is 10.6 Å². The highest BCUT2D eigenvalue weighted by atomic mass is 19.4. The maximum atomic E-state index is 13.4. The van der Waals surface area contributed by atoms with Gasteiger partial charge in [0.2, 0.25) is 0 Å². The number of methoxy groups -OCH3 is 1. The lowest BCUT2D eigenvalue weighted by Crippen LogP contribution is -2.17. The van der Waals surface area contributed by atoms with Crippen LogP contribution in [0.2, 0.25) is 0 Å². The fourth-order valence-corrected chi connectivity index (χ4v) is 3.78. The van der Waals surface area contributed by atoms with Crippen molar-refractivity contribution in [1.82, 2.24) is 10.1 Å². The summed E-state index contributed by atoms with van der Waals surface area (Å²) in [6, 6.07) is 8.55. The molecular formula is C24H17F6N5O5. The van der Waals surface area contributed by atoms with E-state index in [1.54, 1.807) is 0 Å². The van der Waals surface area contributed by atoms with Gasteiger partial charge in [-0.05, 0) is 24.3 Å². The molecule has 4 rings (SSSR count). The van der Waals surface area contributed by atoms with Crippen LogP contribution in [0, 0.1) is 10.1 Å². The van der Waals surface area contributed by atoms with Crippen molar-refractivity contribution in [3.8, 4) is 11.3 Å². The number of halogens is 6. The number of hydrogen-bond donors (Lipinski definition) is 2. The van der Waals surface area contributed by atoms with E-state index < -0.39 is 40.0 Å². The summed E-state index contributed by atoms with van der Waals surface area (Å²) in [6.45, 7) is -0.215. The Morgan fingerprint density at radius 2 is 1.70 bits per heavy atom. The summed E-state index contributed by atoms with van der Waals surface area (Å²) in [5, 5.41) is 19.9. The molecule has 2 heterocycles. The lowest BCUT2D eigenvalue weighted by Gasteiger charge is -2.16. The van der Waals surface area contributed by atoms with E-state index in [1.807, 2.05) is 0 Å². The summed E-state index contributed by atoms with van der Waals surface area (Å²) < 4.78 is 90.6. The van der Waals surface area contributed by atoms with Gasteiger partial charge in [-0.25, -0.2) is 9.78 Å². The molecule has 210 valence electrons. The molecule has 0 aliphatic carbocycles. The fourth-order valence-electron chi connectivity index (χ4n) is 3.78. The van der Waals surface area contributed by atoms with Crippen molar-refractivity contribution in [3.63, 3.8) is 0 Å². The number of alkyl halides is 6. The zero-order valence-corrected chi connectivity index (χ0v) is 20.2. The van der Waals surface area contributed by atoms with Gasteiger partial charge in [0.25, 0.3) is 5.69 Å². The molecule has 0 saturated heterocycles. The maximum Gasteiger partial charge on any atom is 0.433 e. The Morgan fingerprint density at radius 3 is 2.30 bits per heavy atom. The van der Waals surface area contributed by atoms with E-state index in [-0.39, 0.29) is 52.6 Å². The van der Waals surface area contributed by atoms with Gasteiger partial charge in [0.1, 0.15) is 5.69 Å². The third kappa shape index (κ3) is 5.74. The number of hydrogen-bond acceptors (Lipinski definition) is 9. The van der Waals surface area contributed by atoms with Crippen LogP contribution in [0.1, 0.15) is 21.6 Å². The molecule has 0 aliphatic rings. The average molecular weight is 569 g/mol. The fraction of sp³-hybridized carbons (Fsp3) is 0.208. The van der Waals surface area contributed by atoms with E-state index in [9.17, 15) is 41.3 Å². The zero-order chi connectivity index (χ0) is 29.2. The quantitative estimate of drug-likeness (QED) is 0.0843. The second kappa shape index (κ2) is 10.7. The van der Waals surface area contributed by atoms with Gasteiger partial charge in [-0.15, -0.1) is 0 Å². The van der Waals surface area contributed by atoms with Gasteiger partial charge >= 0.3 is 18.3 Å². The van der Waals surface area contributed by atoms with Crippen molar-refractivity contribution in [1.29, 1.82) is 0 Å². The summed E-state index contributed by atoms with van der Waals surface area (Å²) in [7, 11) is 1.10. The molecule has 40 heavy (non-hydrogen) atoms. The molecule has 2 aromatic heterocycles. The van der Waals surface area contributed by atoms with Crippen molar-refractivity contribution in [2.75, 3.05) is 30.8 Å². The molecule has 0 spiro atoms. The lowest BCUT2D eigenvalue weighted by molar-refractivity contribution is -0.384. The van der Waals surface area contributed by atoms with E-state index in [1.165, 1.54) is 30.3 Å². The third-order valence-corrected chi connectivity index (χ3v) is 5.59. The molecule has 0 saturated carbocycles. The van der Waals surface area contributed by atoms with Gasteiger partial charge in [0.05, 0.1) is 23.1 Å². The minimum absolute atomic E-state index is 0.0631. The number of ether oxygens (including phenoxy) is 1. The monoisotopic (exact) mass is 569 g/mol. The zero-order valence-electron chi connectivity index (χ0n) is 20.2.